The number of carbonyl (C=O) groups excluding carboxylic acids is 2. The van der Waals surface area contributed by atoms with Gasteiger partial charge in [-0.3, -0.25) is 9.59 Å². The molecule has 3 N–H and O–H groups in total. The van der Waals surface area contributed by atoms with Gasteiger partial charge in [0.1, 0.15) is 0 Å². The number of hydrogen-bond donors (Lipinski definition) is 3. The van der Waals surface area contributed by atoms with Gasteiger partial charge in [-0.25, -0.2) is 0 Å². The van der Waals surface area contributed by atoms with E-state index in [1.165, 1.54) is 0 Å². The number of carbonyl (C=O) groups is 2. The Morgan fingerprint density at radius 1 is 0.909 bits per heavy atom. The van der Waals surface area contributed by atoms with Crippen LogP contribution in [0.4, 0.5) is 0 Å². The molecule has 0 aliphatic carbocycles. The number of amides is 2. The topological polar surface area (TPSA) is 100 Å². The monoisotopic (exact) mass is 593 g/mol. The number of aryl methyl sites for hydroxylation is 1. The number of nitrogens with one attached hydrogen (secondary N) is 2. The summed E-state index contributed by atoms with van der Waals surface area (Å²) in [6.45, 7) is 4.74. The molecule has 0 saturated heterocycles. The first kappa shape index (κ1) is 30.8. The smallest absolute Gasteiger partial charge is 0.254 e. The van der Waals surface area contributed by atoms with Crippen molar-refractivity contribution in [2.24, 2.45) is 0 Å². The van der Waals surface area contributed by atoms with Crippen LogP contribution >= 0.6 is 0 Å². The molecule has 0 aromatic heterocycles. The molecule has 4 aromatic carbocycles. The largest absolute Gasteiger partial charge is 0.454 e. The maximum absolute atomic E-state index is 13.6. The van der Waals surface area contributed by atoms with Crippen LogP contribution in [0.1, 0.15) is 55.9 Å². The molecule has 8 heteroatoms. The van der Waals surface area contributed by atoms with Crippen molar-refractivity contribution >= 4 is 11.8 Å². The van der Waals surface area contributed by atoms with Crippen LogP contribution < -0.4 is 20.1 Å². The average molecular weight is 594 g/mol. The number of benzene rings is 4. The molecule has 0 spiro atoms. The second kappa shape index (κ2) is 14.2. The third-order valence-corrected chi connectivity index (χ3v) is 8.00. The zero-order valence-corrected chi connectivity index (χ0v) is 25.3. The van der Waals surface area contributed by atoms with Crippen LogP contribution in [0.2, 0.25) is 0 Å². The van der Waals surface area contributed by atoms with Gasteiger partial charge in [-0.1, -0.05) is 72.8 Å². The fraction of sp³-hybridized carbons (Fsp3) is 0.278. The van der Waals surface area contributed by atoms with E-state index in [1.54, 1.807) is 30.1 Å². The number of nitrogens with zero attached hydrogens (tertiary/aromatic N) is 1. The zero-order chi connectivity index (χ0) is 31.1. The van der Waals surface area contributed by atoms with Crippen LogP contribution in [-0.2, 0) is 13.0 Å². The Labute approximate surface area is 258 Å². The summed E-state index contributed by atoms with van der Waals surface area (Å²) in [5.74, 6) is 0.881. The summed E-state index contributed by atoms with van der Waals surface area (Å²) in [5.41, 5.74) is 4.54. The molecule has 1 heterocycles. The van der Waals surface area contributed by atoms with E-state index in [-0.39, 0.29) is 31.2 Å². The predicted octanol–water partition coefficient (Wildman–Crippen LogP) is 5.05. The van der Waals surface area contributed by atoms with E-state index in [0.29, 0.717) is 35.6 Å². The first-order valence-electron chi connectivity index (χ1n) is 14.8. The van der Waals surface area contributed by atoms with Crippen LogP contribution in [0.25, 0.3) is 0 Å². The van der Waals surface area contributed by atoms with Gasteiger partial charge in [0.2, 0.25) is 6.79 Å². The summed E-state index contributed by atoms with van der Waals surface area (Å²) in [6, 6.07) is 29.7. The molecule has 2 amide bonds. The normalized spacial score (nSPS) is 14.0. The van der Waals surface area contributed by atoms with Gasteiger partial charge >= 0.3 is 0 Å². The quantitative estimate of drug-likeness (QED) is 0.213. The summed E-state index contributed by atoms with van der Waals surface area (Å²) in [4.78, 5) is 28.8. The highest BCUT2D eigenvalue weighted by molar-refractivity contribution is 6.00. The van der Waals surface area contributed by atoms with Crippen LogP contribution in [0.15, 0.2) is 97.1 Å². The maximum Gasteiger partial charge on any atom is 0.254 e. The molecular weight excluding hydrogens is 554 g/mol. The second-order valence-electron chi connectivity index (χ2n) is 11.2. The average Bonchev–Trinajstić information content (AvgIpc) is 3.54. The summed E-state index contributed by atoms with van der Waals surface area (Å²) in [5, 5.41) is 17.6. The van der Waals surface area contributed by atoms with Crippen molar-refractivity contribution in [2.45, 2.75) is 45.0 Å². The van der Waals surface area contributed by atoms with Crippen LogP contribution in [0.3, 0.4) is 0 Å². The number of aliphatic hydroxyl groups excluding tert-OH is 1. The second-order valence-corrected chi connectivity index (χ2v) is 11.2. The Morgan fingerprint density at radius 2 is 1.61 bits per heavy atom. The number of hydrogen-bond acceptors (Lipinski definition) is 6. The number of fused-ring (bicyclic) bond motifs is 1. The minimum Gasteiger partial charge on any atom is -0.454 e. The maximum atomic E-state index is 13.6. The number of para-hydroxylation sites is 1. The van der Waals surface area contributed by atoms with Gasteiger partial charge in [0, 0.05) is 36.8 Å². The van der Waals surface area contributed by atoms with E-state index >= 15 is 0 Å². The zero-order valence-electron chi connectivity index (χ0n) is 25.3. The molecule has 4 aromatic rings. The highest BCUT2D eigenvalue weighted by Crippen LogP contribution is 2.35. The first-order chi connectivity index (χ1) is 21.3. The minimum absolute atomic E-state index is 0.143. The molecule has 1 aliphatic heterocycles. The number of ether oxygens (including phenoxy) is 2. The molecule has 0 fully saturated rings. The SMILES string of the molecule is Cc1cc(C(=O)N[C@@H](Cc2ccccc2)[C@H](O)CNCc2cccc3c2OCO3)cc(C(=O)N(C)[C@H](C)c2ccccc2)c1. The van der Waals surface area contributed by atoms with Crippen molar-refractivity contribution in [3.8, 4) is 11.5 Å². The molecule has 0 unspecified atom stereocenters. The van der Waals surface area contributed by atoms with Gasteiger partial charge in [-0.15, -0.1) is 0 Å². The van der Waals surface area contributed by atoms with Crippen molar-refractivity contribution in [1.29, 1.82) is 0 Å². The third-order valence-electron chi connectivity index (χ3n) is 8.00. The Kier molecular flexibility index (Phi) is 9.94. The van der Waals surface area contributed by atoms with Crippen molar-refractivity contribution in [2.75, 3.05) is 20.4 Å². The lowest BCUT2D eigenvalue weighted by molar-refractivity contribution is 0.0742. The van der Waals surface area contributed by atoms with Crippen molar-refractivity contribution in [3.63, 3.8) is 0 Å². The van der Waals surface area contributed by atoms with Gasteiger partial charge < -0.3 is 30.1 Å². The van der Waals surface area contributed by atoms with Crippen molar-refractivity contribution < 1.29 is 24.2 Å². The van der Waals surface area contributed by atoms with E-state index in [9.17, 15) is 14.7 Å². The van der Waals surface area contributed by atoms with E-state index < -0.39 is 12.1 Å². The third kappa shape index (κ3) is 7.45. The van der Waals surface area contributed by atoms with Crippen molar-refractivity contribution in [3.05, 3.63) is 130 Å². The first-order valence-corrected chi connectivity index (χ1v) is 14.8. The molecule has 8 nitrogen and oxygen atoms in total. The molecule has 1 aliphatic rings. The van der Waals surface area contributed by atoms with Crippen LogP contribution in [0.5, 0.6) is 11.5 Å². The Balaban J connectivity index is 1.29. The molecule has 0 radical (unpaired) electrons. The molecule has 0 saturated carbocycles. The lowest BCUT2D eigenvalue weighted by atomic mass is 9.99. The molecule has 3 atom stereocenters. The summed E-state index contributed by atoms with van der Waals surface area (Å²) in [6.07, 6.45) is -0.459. The molecule has 44 heavy (non-hydrogen) atoms. The Morgan fingerprint density at radius 3 is 2.36 bits per heavy atom. The van der Waals surface area contributed by atoms with Crippen molar-refractivity contribution in [1.82, 2.24) is 15.5 Å². The predicted molar refractivity (Wildman–Crippen MR) is 170 cm³/mol. The van der Waals surface area contributed by atoms with E-state index in [4.69, 9.17) is 9.47 Å². The highest BCUT2D eigenvalue weighted by Gasteiger charge is 2.25. The Bertz CT molecular complexity index is 1580. The molecule has 5 rings (SSSR count). The lowest BCUT2D eigenvalue weighted by Crippen LogP contribution is -2.48. The molecule has 228 valence electrons. The molecule has 0 bridgehead atoms. The number of rotatable bonds is 12. The Hall–Kier alpha value is -4.66. The fourth-order valence-electron chi connectivity index (χ4n) is 5.40. The van der Waals surface area contributed by atoms with Crippen LogP contribution in [-0.4, -0.2) is 54.4 Å². The van der Waals surface area contributed by atoms with Gasteiger partial charge in [-0.2, -0.15) is 0 Å². The standard InChI is InChI=1S/C36H39N3O5/c1-24-17-29(20-30(18-24)36(42)39(3)25(2)27-13-8-5-9-14-27)35(41)38-31(19-26-11-6-4-7-12-26)32(40)22-37-21-28-15-10-16-33-34(28)44-23-43-33/h4-18,20,25,31-32,37,40H,19,21-23H2,1-3H3,(H,38,41)/t25-,31+,32-/m1/s1. The van der Waals surface area contributed by atoms with Gasteiger partial charge in [-0.05, 0) is 61.2 Å². The highest BCUT2D eigenvalue weighted by atomic mass is 16.7. The molecular formula is C36H39N3O5. The van der Waals surface area contributed by atoms with E-state index in [2.05, 4.69) is 10.6 Å². The summed E-state index contributed by atoms with van der Waals surface area (Å²) in [7, 11) is 1.77. The summed E-state index contributed by atoms with van der Waals surface area (Å²) >= 11 is 0. The van der Waals surface area contributed by atoms with Gasteiger partial charge in [0.25, 0.3) is 11.8 Å². The summed E-state index contributed by atoms with van der Waals surface area (Å²) < 4.78 is 11.1. The van der Waals surface area contributed by atoms with E-state index in [0.717, 1.165) is 22.3 Å². The minimum atomic E-state index is -0.892. The van der Waals surface area contributed by atoms with Gasteiger partial charge in [0.15, 0.2) is 11.5 Å². The number of aliphatic hydroxyl groups is 1. The van der Waals surface area contributed by atoms with Gasteiger partial charge in [0.05, 0.1) is 18.2 Å². The van der Waals surface area contributed by atoms with E-state index in [1.807, 2.05) is 92.7 Å². The lowest BCUT2D eigenvalue weighted by Gasteiger charge is -2.26. The van der Waals surface area contributed by atoms with Crippen LogP contribution in [0, 0.1) is 6.92 Å². The fourth-order valence-corrected chi connectivity index (χ4v) is 5.40.